The number of aromatic nitrogens is 1. The second-order valence-electron chi connectivity index (χ2n) is 30.1. The molecule has 0 spiro atoms. The summed E-state index contributed by atoms with van der Waals surface area (Å²) in [5.41, 5.74) is 31.6. The molecule has 1 aromatic heterocycles. The summed E-state index contributed by atoms with van der Waals surface area (Å²) in [5.74, 6) is -17.2. The summed E-state index contributed by atoms with van der Waals surface area (Å²) in [6.45, 7) is 0.837. The molecular weight excluding hydrogens is 1660 g/mol. The molecule has 2 aliphatic rings. The van der Waals surface area contributed by atoms with Gasteiger partial charge in [0.05, 0.1) is 31.8 Å². The molecule has 2 saturated heterocycles. The number of aliphatic hydroxyl groups excluding tert-OH is 3. The highest BCUT2D eigenvalue weighted by atomic mass is 33.1. The van der Waals surface area contributed by atoms with Crippen LogP contribution in [0, 0.1) is 0 Å². The van der Waals surface area contributed by atoms with Crippen molar-refractivity contribution in [3.8, 4) is 0 Å². The Hall–Kier alpha value is -11.6. The third-order valence-corrected chi connectivity index (χ3v) is 22.6. The lowest BCUT2D eigenvalue weighted by Crippen LogP contribution is -2.63. The topological polar surface area (TPSA) is 668 Å². The molecule has 0 radical (unpaired) electrons. The van der Waals surface area contributed by atoms with Gasteiger partial charge in [0.1, 0.15) is 78.5 Å². The maximum Gasteiger partial charge on any atom is 0.300 e. The SMILES string of the molecule is CC(=O)O.C[C@@H](O)[C@@H]1NC(=O)[C@H](CCCCN)NC(=O)[C@H](Cc2c[nH]c3ccccc23)NC(=O)[C@H](Cc2ccccc2)NC(=O)[C@H](Cc2ccccc2)NC(=O)[C@H](CC(N)=O)NC(=O)[C@H](CCCCN)NC(=O)[C@@H](NC(=O)[C@@H]2CCCN2)CSSC[C@@H](C(=O)N[C@@H](CCCCN)C(N)=O)NC(=O)[C@H](CO)NC(=O)[C@H](CO)NC(=O)[C@H](Cc2ccccc2)NC1=O. The van der Waals surface area contributed by atoms with E-state index in [9.17, 15) is 72.9 Å². The van der Waals surface area contributed by atoms with Gasteiger partial charge in [-0.1, -0.05) is 131 Å². The van der Waals surface area contributed by atoms with Gasteiger partial charge in [0.15, 0.2) is 0 Å². The largest absolute Gasteiger partial charge is 0.481 e. The van der Waals surface area contributed by atoms with E-state index in [1.807, 2.05) is 0 Å². The highest BCUT2D eigenvalue weighted by Gasteiger charge is 2.40. The highest BCUT2D eigenvalue weighted by Crippen LogP contribution is 2.25. The van der Waals surface area contributed by atoms with Crippen molar-refractivity contribution < 1.29 is 97.1 Å². The van der Waals surface area contributed by atoms with E-state index in [1.54, 1.807) is 121 Å². The molecule has 15 atom stereocenters. The molecule has 40 nitrogen and oxygen atoms in total. The average molecular weight is 1780 g/mol. The Kier molecular flexibility index (Phi) is 44.3. The second-order valence-corrected chi connectivity index (χ2v) is 32.7. The smallest absolute Gasteiger partial charge is 0.300 e. The number of aliphatic carboxylic acids is 1. The number of unbranched alkanes of at least 4 members (excludes halogenated alkanes) is 3. The van der Waals surface area contributed by atoms with Crippen molar-refractivity contribution in [1.82, 2.24) is 79.4 Å². The summed E-state index contributed by atoms with van der Waals surface area (Å²) in [5, 5.41) is 77.4. The quantitative estimate of drug-likeness (QED) is 0.0151. The number of nitrogens with two attached hydrogens (primary N) is 5. The first-order chi connectivity index (χ1) is 59.9. The molecule has 0 unspecified atom stereocenters. The average Bonchev–Trinajstić information content (AvgIpc) is 1.74. The summed E-state index contributed by atoms with van der Waals surface area (Å²) in [6.07, 6.45) is 0.273. The van der Waals surface area contributed by atoms with Crippen LogP contribution in [0.5, 0.6) is 0 Å². The van der Waals surface area contributed by atoms with Crippen LogP contribution in [0.3, 0.4) is 0 Å². The summed E-state index contributed by atoms with van der Waals surface area (Å²) < 4.78 is 0. The number of fused-ring (bicyclic) bond motifs is 1. The van der Waals surface area contributed by atoms with Crippen molar-refractivity contribution in [2.24, 2.45) is 28.7 Å². The fourth-order valence-electron chi connectivity index (χ4n) is 13.4. The maximum atomic E-state index is 15.4. The lowest BCUT2D eigenvalue weighted by Gasteiger charge is -2.29. The molecule has 5 aromatic rings. The third kappa shape index (κ3) is 35.1. The van der Waals surface area contributed by atoms with Crippen molar-refractivity contribution in [1.29, 1.82) is 0 Å². The molecule has 15 amide bonds. The molecule has 4 aromatic carbocycles. The molecule has 29 N–H and O–H groups in total. The molecule has 0 aliphatic carbocycles. The zero-order valence-corrected chi connectivity index (χ0v) is 71.3. The Morgan fingerprint density at radius 1 is 0.464 bits per heavy atom. The number of hydrogen-bond acceptors (Lipinski definition) is 25. The Morgan fingerprint density at radius 2 is 0.864 bits per heavy atom. The number of primary amides is 2. The van der Waals surface area contributed by atoms with Gasteiger partial charge in [-0.25, -0.2) is 0 Å². The van der Waals surface area contributed by atoms with Crippen LogP contribution in [0.1, 0.15) is 113 Å². The number of benzene rings is 4. The number of aromatic amines is 1. The van der Waals surface area contributed by atoms with E-state index >= 15 is 14.4 Å². The predicted octanol–water partition coefficient (Wildman–Crippen LogP) is -4.91. The number of carbonyl (C=O) groups is 16. The Morgan fingerprint density at radius 3 is 1.33 bits per heavy atom. The van der Waals surface area contributed by atoms with Gasteiger partial charge in [0, 0.05) is 61.2 Å². The molecule has 3 heterocycles. The third-order valence-electron chi connectivity index (χ3n) is 20.2. The van der Waals surface area contributed by atoms with E-state index in [1.165, 1.54) is 0 Å². The lowest BCUT2D eigenvalue weighted by molar-refractivity contribution is -0.137. The molecule has 0 saturated carbocycles. The minimum absolute atomic E-state index is 0.00718. The normalized spacial score (nSPS) is 23.6. The van der Waals surface area contributed by atoms with E-state index in [4.69, 9.17) is 38.6 Å². The number of hydrogen-bond donors (Lipinski definition) is 24. The molecule has 682 valence electrons. The standard InChI is InChI=1S/C81H114N20O18S2.C2H4O2/c1-46(104)67-81(119)96-59(38-49-24-9-4-10-25-49)74(112)97-62(42-102)77(115)98-63(43-103)78(116)100-64(79(117)89-53(68(86)106)28-13-16-32-82)44-120-121-45-65(99-69(107)54-31-19-35-87-54)80(118)91-55(29-14-17-33-83)70(108)95-61(40-66(85)105)76(114)93-57(36-47-20-5-2-6-21-47)72(110)92-58(37-48-22-7-3-8-23-48)73(111)94-60(39-50-41-88-52-27-12-11-26-51(50)52)75(113)90-56(71(109)101-67)30-15-18-34-84;1-2(3)4/h2-12,20-27,41,46,53-65,67,87-88,102-104H,13-19,28-40,42-45,82-84H2,1H3,(H2,85,105)(H2,86,106)(H,89,117)(H,90,113)(H,91,118)(H,92,110)(H,93,114)(H,94,111)(H,95,108)(H,96,119)(H,97,112)(H,98,115)(H,99,107)(H,100,116)(H,101,109);1H3,(H,3,4)/t46-,53+,54+,55+,56+,57+,58+,59+,60+,61+,62+,63+,64+,65+,67+;/m1./s1. The zero-order valence-electron chi connectivity index (χ0n) is 69.7. The molecular formula is C83H118N20O20S2. The first-order valence-corrected chi connectivity index (χ1v) is 43.7. The van der Waals surface area contributed by atoms with Gasteiger partial charge in [-0.05, 0) is 132 Å². The first kappa shape index (κ1) is 102. The van der Waals surface area contributed by atoms with E-state index in [2.05, 4.69) is 79.4 Å². The van der Waals surface area contributed by atoms with Crippen LogP contribution in [0.2, 0.25) is 0 Å². The van der Waals surface area contributed by atoms with Crippen molar-refractivity contribution in [3.05, 3.63) is 144 Å². The van der Waals surface area contributed by atoms with Gasteiger partial charge in [0.25, 0.3) is 5.97 Å². The molecule has 125 heavy (non-hydrogen) atoms. The van der Waals surface area contributed by atoms with Crippen LogP contribution in [-0.4, -0.2) is 262 Å². The van der Waals surface area contributed by atoms with E-state index < -0.39 is 211 Å². The van der Waals surface area contributed by atoms with E-state index in [0.29, 0.717) is 78.2 Å². The van der Waals surface area contributed by atoms with Crippen molar-refractivity contribution in [2.75, 3.05) is 50.9 Å². The van der Waals surface area contributed by atoms with Gasteiger partial charge < -0.3 is 129 Å². The number of rotatable bonds is 30. The van der Waals surface area contributed by atoms with Gasteiger partial charge in [-0.2, -0.15) is 0 Å². The maximum absolute atomic E-state index is 15.4. The van der Waals surface area contributed by atoms with Crippen molar-refractivity contribution >= 4 is 127 Å². The minimum atomic E-state index is -1.96. The van der Waals surface area contributed by atoms with Gasteiger partial charge >= 0.3 is 0 Å². The number of para-hydroxylation sites is 1. The van der Waals surface area contributed by atoms with Crippen LogP contribution >= 0.6 is 21.6 Å². The minimum Gasteiger partial charge on any atom is -0.481 e. The number of carboxylic acids is 1. The van der Waals surface area contributed by atoms with Crippen LogP contribution in [0.4, 0.5) is 0 Å². The zero-order chi connectivity index (χ0) is 91.5. The number of nitrogens with one attached hydrogen (secondary N) is 15. The lowest BCUT2D eigenvalue weighted by atomic mass is 10.00. The number of H-pyrrole nitrogens is 1. The number of carboxylic acid groups (broad SMARTS) is 1. The molecule has 42 heteroatoms. The summed E-state index contributed by atoms with van der Waals surface area (Å²) in [7, 11) is 1.74. The van der Waals surface area contributed by atoms with Crippen molar-refractivity contribution in [2.45, 2.75) is 207 Å². The molecule has 0 bridgehead atoms. The summed E-state index contributed by atoms with van der Waals surface area (Å²) in [4.78, 5) is 230. The Balaban J connectivity index is 0.00000590. The molecule has 2 fully saturated rings. The van der Waals surface area contributed by atoms with Crippen LogP contribution in [-0.2, 0) is 102 Å². The van der Waals surface area contributed by atoms with Gasteiger partial charge in [0.2, 0.25) is 88.6 Å². The second kappa shape index (κ2) is 54.2. The fourth-order valence-corrected chi connectivity index (χ4v) is 15.8. The number of aliphatic hydroxyl groups is 3. The number of carbonyl (C=O) groups excluding carboxylic acids is 15. The molecule has 7 rings (SSSR count). The fraction of sp³-hybridized carbons (Fsp3) is 0.494. The van der Waals surface area contributed by atoms with Gasteiger partial charge in [-0.3, -0.25) is 76.7 Å². The summed E-state index contributed by atoms with van der Waals surface area (Å²) in [6, 6.07) is 9.28. The Bertz CT molecular complexity index is 4400. The highest BCUT2D eigenvalue weighted by molar-refractivity contribution is 8.76. The Labute approximate surface area is 730 Å². The number of amides is 15. The van der Waals surface area contributed by atoms with Crippen LogP contribution in [0.15, 0.2) is 121 Å². The summed E-state index contributed by atoms with van der Waals surface area (Å²) >= 11 is 0. The van der Waals surface area contributed by atoms with Crippen LogP contribution < -0.4 is 103 Å². The van der Waals surface area contributed by atoms with Crippen molar-refractivity contribution in [3.63, 3.8) is 0 Å². The first-order valence-electron chi connectivity index (χ1n) is 41.2. The molecule has 2 aliphatic heterocycles. The van der Waals surface area contributed by atoms with E-state index in [0.717, 1.165) is 35.4 Å². The predicted molar refractivity (Wildman–Crippen MR) is 464 cm³/mol. The van der Waals surface area contributed by atoms with Gasteiger partial charge in [-0.15, -0.1) is 0 Å². The van der Waals surface area contributed by atoms with E-state index in [-0.39, 0.29) is 83.2 Å². The van der Waals surface area contributed by atoms with Crippen LogP contribution in [0.25, 0.3) is 10.9 Å². The monoisotopic (exact) mass is 1780 g/mol.